The Labute approximate surface area is 130 Å². The molecule has 0 radical (unpaired) electrons. The predicted molar refractivity (Wildman–Crippen MR) is 89.5 cm³/mol. The van der Waals surface area contributed by atoms with Crippen molar-refractivity contribution in [3.05, 3.63) is 23.8 Å². The molecule has 1 aromatic rings. The minimum absolute atomic E-state index is 0.613. The van der Waals surface area contributed by atoms with Crippen LogP contribution >= 0.6 is 0 Å². The van der Waals surface area contributed by atoms with Crippen molar-refractivity contribution in [1.82, 2.24) is 5.32 Å². The quantitative estimate of drug-likeness (QED) is 0.663. The number of hydrogen-bond donors (Lipinski definition) is 1. The van der Waals surface area contributed by atoms with Crippen LogP contribution in [0.3, 0.4) is 0 Å². The SMILES string of the molecule is CCCC(CCc1ccc(OCC)c(OCC)c1)NCC. The van der Waals surface area contributed by atoms with Gasteiger partial charge in [-0.1, -0.05) is 26.3 Å². The molecule has 0 aliphatic rings. The number of ether oxygens (including phenoxy) is 2. The van der Waals surface area contributed by atoms with E-state index in [9.17, 15) is 0 Å². The fraction of sp³-hybridized carbons (Fsp3) is 0.667. The highest BCUT2D eigenvalue weighted by Gasteiger charge is 2.09. The van der Waals surface area contributed by atoms with E-state index >= 15 is 0 Å². The molecule has 0 aliphatic heterocycles. The first-order valence-electron chi connectivity index (χ1n) is 8.36. The molecule has 0 heterocycles. The summed E-state index contributed by atoms with van der Waals surface area (Å²) in [6.45, 7) is 10.8. The van der Waals surface area contributed by atoms with E-state index in [0.29, 0.717) is 19.3 Å². The summed E-state index contributed by atoms with van der Waals surface area (Å²) in [5, 5.41) is 3.57. The van der Waals surface area contributed by atoms with Crippen molar-refractivity contribution in [1.29, 1.82) is 0 Å². The fourth-order valence-electron chi connectivity index (χ4n) is 2.58. The molecule has 0 fully saturated rings. The van der Waals surface area contributed by atoms with E-state index in [2.05, 4.69) is 31.3 Å². The summed E-state index contributed by atoms with van der Waals surface area (Å²) in [5.41, 5.74) is 1.32. The molecule has 3 nitrogen and oxygen atoms in total. The van der Waals surface area contributed by atoms with E-state index in [-0.39, 0.29) is 0 Å². The van der Waals surface area contributed by atoms with Crippen LogP contribution in [0.25, 0.3) is 0 Å². The van der Waals surface area contributed by atoms with Crippen molar-refractivity contribution < 1.29 is 9.47 Å². The summed E-state index contributed by atoms with van der Waals surface area (Å²) in [4.78, 5) is 0. The fourth-order valence-corrected chi connectivity index (χ4v) is 2.58. The molecule has 1 N–H and O–H groups in total. The Morgan fingerprint density at radius 3 is 2.29 bits per heavy atom. The monoisotopic (exact) mass is 293 g/mol. The van der Waals surface area contributed by atoms with Crippen LogP contribution in [-0.4, -0.2) is 25.8 Å². The normalized spacial score (nSPS) is 12.2. The zero-order chi connectivity index (χ0) is 15.5. The Morgan fingerprint density at radius 1 is 0.952 bits per heavy atom. The van der Waals surface area contributed by atoms with Crippen LogP contribution < -0.4 is 14.8 Å². The summed E-state index contributed by atoms with van der Waals surface area (Å²) in [6, 6.07) is 6.93. The van der Waals surface area contributed by atoms with Crippen LogP contribution in [0, 0.1) is 0 Å². The summed E-state index contributed by atoms with van der Waals surface area (Å²) >= 11 is 0. The van der Waals surface area contributed by atoms with Gasteiger partial charge in [-0.25, -0.2) is 0 Å². The van der Waals surface area contributed by atoms with Gasteiger partial charge in [0.15, 0.2) is 11.5 Å². The van der Waals surface area contributed by atoms with E-state index in [1.165, 1.54) is 24.8 Å². The average molecular weight is 293 g/mol. The summed E-state index contributed by atoms with van der Waals surface area (Å²) < 4.78 is 11.3. The minimum atomic E-state index is 0.613. The van der Waals surface area contributed by atoms with Crippen molar-refractivity contribution >= 4 is 0 Å². The highest BCUT2D eigenvalue weighted by atomic mass is 16.5. The van der Waals surface area contributed by atoms with Gasteiger partial charge in [-0.2, -0.15) is 0 Å². The second-order valence-corrected chi connectivity index (χ2v) is 5.23. The molecule has 0 aliphatic carbocycles. The van der Waals surface area contributed by atoms with Gasteiger partial charge in [0.2, 0.25) is 0 Å². The molecular formula is C18H31NO2. The van der Waals surface area contributed by atoms with Gasteiger partial charge in [0, 0.05) is 6.04 Å². The van der Waals surface area contributed by atoms with Crippen molar-refractivity contribution in [2.75, 3.05) is 19.8 Å². The first kappa shape index (κ1) is 17.8. The lowest BCUT2D eigenvalue weighted by molar-refractivity contribution is 0.287. The van der Waals surface area contributed by atoms with Gasteiger partial charge in [-0.05, 0) is 57.4 Å². The molecule has 0 bridgehead atoms. The number of benzene rings is 1. The topological polar surface area (TPSA) is 30.5 Å². The lowest BCUT2D eigenvalue weighted by atomic mass is 10.0. The molecule has 0 spiro atoms. The van der Waals surface area contributed by atoms with Crippen molar-refractivity contribution in [3.8, 4) is 11.5 Å². The van der Waals surface area contributed by atoms with Gasteiger partial charge < -0.3 is 14.8 Å². The van der Waals surface area contributed by atoms with Crippen LogP contribution in [0.15, 0.2) is 18.2 Å². The van der Waals surface area contributed by atoms with Gasteiger partial charge in [0.25, 0.3) is 0 Å². The van der Waals surface area contributed by atoms with Gasteiger partial charge >= 0.3 is 0 Å². The Kier molecular flexibility index (Phi) is 8.91. The molecule has 0 aromatic heterocycles. The number of aryl methyl sites for hydroxylation is 1. The molecule has 3 heteroatoms. The van der Waals surface area contributed by atoms with Gasteiger partial charge in [0.1, 0.15) is 0 Å². The maximum atomic E-state index is 5.69. The third-order valence-electron chi connectivity index (χ3n) is 3.52. The van der Waals surface area contributed by atoms with Crippen LogP contribution in [0.4, 0.5) is 0 Å². The summed E-state index contributed by atoms with van der Waals surface area (Å²) in [7, 11) is 0. The molecule has 120 valence electrons. The highest BCUT2D eigenvalue weighted by molar-refractivity contribution is 5.43. The minimum Gasteiger partial charge on any atom is -0.490 e. The maximum absolute atomic E-state index is 5.69. The smallest absolute Gasteiger partial charge is 0.161 e. The van der Waals surface area contributed by atoms with E-state index < -0.39 is 0 Å². The van der Waals surface area contributed by atoms with E-state index in [0.717, 1.165) is 24.5 Å². The molecule has 0 saturated heterocycles. The summed E-state index contributed by atoms with van der Waals surface area (Å²) in [6.07, 6.45) is 4.71. The second kappa shape index (κ2) is 10.5. The number of rotatable bonds is 11. The third-order valence-corrected chi connectivity index (χ3v) is 3.52. The Morgan fingerprint density at radius 2 is 1.67 bits per heavy atom. The van der Waals surface area contributed by atoms with E-state index in [4.69, 9.17) is 9.47 Å². The molecule has 1 unspecified atom stereocenters. The van der Waals surface area contributed by atoms with Crippen molar-refractivity contribution in [3.63, 3.8) is 0 Å². The highest BCUT2D eigenvalue weighted by Crippen LogP contribution is 2.29. The first-order chi connectivity index (χ1) is 10.2. The Hall–Kier alpha value is -1.22. The Bertz CT molecular complexity index is 387. The van der Waals surface area contributed by atoms with Gasteiger partial charge in [-0.15, -0.1) is 0 Å². The number of hydrogen-bond acceptors (Lipinski definition) is 3. The Balaban J connectivity index is 2.67. The molecule has 1 atom stereocenters. The lowest BCUT2D eigenvalue weighted by Gasteiger charge is -2.17. The van der Waals surface area contributed by atoms with Crippen molar-refractivity contribution in [2.45, 2.75) is 59.4 Å². The predicted octanol–water partition coefficient (Wildman–Crippen LogP) is 4.19. The molecule has 1 rings (SSSR count). The lowest BCUT2D eigenvalue weighted by Crippen LogP contribution is -2.29. The molecule has 21 heavy (non-hydrogen) atoms. The van der Waals surface area contributed by atoms with Crippen LogP contribution in [0.5, 0.6) is 11.5 Å². The zero-order valence-corrected chi connectivity index (χ0v) is 14.1. The maximum Gasteiger partial charge on any atom is 0.161 e. The molecular weight excluding hydrogens is 262 g/mol. The summed E-state index contributed by atoms with van der Waals surface area (Å²) in [5.74, 6) is 1.72. The van der Waals surface area contributed by atoms with Gasteiger partial charge in [0.05, 0.1) is 13.2 Å². The van der Waals surface area contributed by atoms with Crippen LogP contribution in [-0.2, 0) is 6.42 Å². The largest absolute Gasteiger partial charge is 0.490 e. The second-order valence-electron chi connectivity index (χ2n) is 5.23. The van der Waals surface area contributed by atoms with Gasteiger partial charge in [-0.3, -0.25) is 0 Å². The first-order valence-corrected chi connectivity index (χ1v) is 8.36. The van der Waals surface area contributed by atoms with Crippen LogP contribution in [0.2, 0.25) is 0 Å². The third kappa shape index (κ3) is 6.38. The standard InChI is InChI=1S/C18H31NO2/c1-5-9-16(19-6-2)12-10-15-11-13-17(20-7-3)18(14-15)21-8-4/h11,13-14,16,19H,5-10,12H2,1-4H3. The zero-order valence-electron chi connectivity index (χ0n) is 14.1. The average Bonchev–Trinajstić information content (AvgIpc) is 2.48. The molecule has 0 amide bonds. The van der Waals surface area contributed by atoms with E-state index in [1.54, 1.807) is 0 Å². The molecule has 1 aromatic carbocycles. The van der Waals surface area contributed by atoms with E-state index in [1.807, 2.05) is 19.9 Å². The number of nitrogens with one attached hydrogen (secondary N) is 1. The van der Waals surface area contributed by atoms with Crippen molar-refractivity contribution in [2.24, 2.45) is 0 Å². The van der Waals surface area contributed by atoms with Crippen LogP contribution in [0.1, 0.15) is 52.5 Å². The molecule has 0 saturated carbocycles.